The Hall–Kier alpha value is -0.610. The first-order chi connectivity index (χ1) is 8.03. The summed E-state index contributed by atoms with van der Waals surface area (Å²) in [5, 5.41) is 0. The molecule has 1 atom stereocenters. The van der Waals surface area contributed by atoms with Crippen molar-refractivity contribution in [2.75, 3.05) is 39.8 Å². The van der Waals surface area contributed by atoms with Gasteiger partial charge in [0, 0.05) is 32.2 Å². The van der Waals surface area contributed by atoms with Gasteiger partial charge in [-0.1, -0.05) is 0 Å². The Morgan fingerprint density at radius 3 is 2.82 bits per heavy atom. The summed E-state index contributed by atoms with van der Waals surface area (Å²) in [6.45, 7) is 9.36. The van der Waals surface area contributed by atoms with Crippen LogP contribution in [0, 0.1) is 5.41 Å². The van der Waals surface area contributed by atoms with Gasteiger partial charge < -0.3 is 4.74 Å². The minimum Gasteiger partial charge on any atom is -0.469 e. The second kappa shape index (κ2) is 4.94. The van der Waals surface area contributed by atoms with Gasteiger partial charge in [0.25, 0.3) is 0 Å². The van der Waals surface area contributed by atoms with Crippen molar-refractivity contribution >= 4 is 5.97 Å². The summed E-state index contributed by atoms with van der Waals surface area (Å²) >= 11 is 0. The van der Waals surface area contributed by atoms with Gasteiger partial charge in [0.1, 0.15) is 0 Å². The molecule has 2 fully saturated rings. The second-order valence-electron chi connectivity index (χ2n) is 5.94. The molecule has 2 heterocycles. The predicted octanol–water partition coefficient (Wildman–Crippen LogP) is 0.966. The summed E-state index contributed by atoms with van der Waals surface area (Å²) in [6, 6.07) is 0.720. The minimum absolute atomic E-state index is 0.105. The first-order valence-corrected chi connectivity index (χ1v) is 6.58. The second-order valence-corrected chi connectivity index (χ2v) is 5.94. The highest BCUT2D eigenvalue weighted by atomic mass is 16.5. The Kier molecular flexibility index (Phi) is 3.73. The zero-order valence-electron chi connectivity index (χ0n) is 11.2. The van der Waals surface area contributed by atoms with E-state index in [9.17, 15) is 4.79 Å². The van der Waals surface area contributed by atoms with E-state index in [2.05, 4.69) is 9.80 Å². The molecule has 2 saturated heterocycles. The average molecular weight is 240 g/mol. The Balaban J connectivity index is 1.89. The molecular formula is C13H24N2O2. The number of carbonyl (C=O) groups is 1. The number of hydrogen-bond donors (Lipinski definition) is 0. The Bertz CT molecular complexity index is 291. The van der Waals surface area contributed by atoms with Crippen molar-refractivity contribution in [3.05, 3.63) is 0 Å². The maximum atomic E-state index is 11.7. The van der Waals surface area contributed by atoms with Gasteiger partial charge in [-0.15, -0.1) is 0 Å². The lowest BCUT2D eigenvalue weighted by Gasteiger charge is -2.40. The highest BCUT2D eigenvalue weighted by Crippen LogP contribution is 2.25. The molecule has 0 spiro atoms. The maximum absolute atomic E-state index is 11.7. The number of hydrogen-bond acceptors (Lipinski definition) is 4. The predicted molar refractivity (Wildman–Crippen MR) is 66.8 cm³/mol. The molecule has 4 nitrogen and oxygen atoms in total. The van der Waals surface area contributed by atoms with Crippen LogP contribution < -0.4 is 0 Å². The van der Waals surface area contributed by atoms with Gasteiger partial charge in [0.15, 0.2) is 0 Å². The Labute approximate surface area is 104 Å². The van der Waals surface area contributed by atoms with Gasteiger partial charge in [-0.05, 0) is 33.2 Å². The largest absolute Gasteiger partial charge is 0.469 e. The monoisotopic (exact) mass is 240 g/mol. The smallest absolute Gasteiger partial charge is 0.312 e. The van der Waals surface area contributed by atoms with E-state index in [1.807, 2.05) is 13.8 Å². The van der Waals surface area contributed by atoms with E-state index in [0.717, 1.165) is 32.2 Å². The van der Waals surface area contributed by atoms with E-state index >= 15 is 0 Å². The maximum Gasteiger partial charge on any atom is 0.312 e. The number of methoxy groups -OCH3 is 1. The topological polar surface area (TPSA) is 32.8 Å². The number of rotatable bonds is 3. The van der Waals surface area contributed by atoms with E-state index < -0.39 is 5.41 Å². The molecule has 1 unspecified atom stereocenters. The van der Waals surface area contributed by atoms with Crippen LogP contribution in [0.15, 0.2) is 0 Å². The SMILES string of the molecule is COC(=O)C(C)(C)CN1CCN2CCCC2C1. The van der Waals surface area contributed by atoms with Crippen LogP contribution in [-0.4, -0.2) is 61.6 Å². The number of piperazine rings is 1. The highest BCUT2D eigenvalue weighted by molar-refractivity contribution is 5.76. The van der Waals surface area contributed by atoms with Crippen LogP contribution in [0.2, 0.25) is 0 Å². The molecule has 0 bridgehead atoms. The molecule has 0 saturated carbocycles. The van der Waals surface area contributed by atoms with E-state index in [1.54, 1.807) is 0 Å². The summed E-state index contributed by atoms with van der Waals surface area (Å²) in [5.74, 6) is -0.105. The summed E-state index contributed by atoms with van der Waals surface area (Å²) in [6.07, 6.45) is 2.65. The number of carbonyl (C=O) groups excluding carboxylic acids is 1. The van der Waals surface area contributed by atoms with Crippen molar-refractivity contribution in [1.82, 2.24) is 9.80 Å². The Morgan fingerprint density at radius 1 is 1.35 bits per heavy atom. The fourth-order valence-corrected chi connectivity index (χ4v) is 3.10. The standard InChI is InChI=1S/C13H24N2O2/c1-13(2,12(16)17-3)10-14-7-8-15-6-4-5-11(15)9-14/h11H,4-10H2,1-3H3. The molecule has 0 aromatic rings. The summed E-state index contributed by atoms with van der Waals surface area (Å²) in [4.78, 5) is 16.7. The van der Waals surface area contributed by atoms with Gasteiger partial charge in [0.05, 0.1) is 12.5 Å². The summed E-state index contributed by atoms with van der Waals surface area (Å²) in [7, 11) is 1.47. The third-order valence-corrected chi connectivity index (χ3v) is 4.03. The van der Waals surface area contributed by atoms with Crippen LogP contribution in [-0.2, 0) is 9.53 Å². The molecule has 2 aliphatic rings. The molecule has 0 aromatic heterocycles. The van der Waals surface area contributed by atoms with Crippen molar-refractivity contribution in [3.8, 4) is 0 Å². The zero-order valence-corrected chi connectivity index (χ0v) is 11.2. The molecule has 98 valence electrons. The number of esters is 1. The number of nitrogens with zero attached hydrogens (tertiary/aromatic N) is 2. The van der Waals surface area contributed by atoms with Crippen molar-refractivity contribution in [2.24, 2.45) is 5.41 Å². The fourth-order valence-electron chi connectivity index (χ4n) is 3.10. The van der Waals surface area contributed by atoms with Crippen LogP contribution in [0.5, 0.6) is 0 Å². The van der Waals surface area contributed by atoms with Gasteiger partial charge >= 0.3 is 5.97 Å². The molecule has 2 aliphatic heterocycles. The first kappa shape index (κ1) is 12.8. The summed E-state index contributed by atoms with van der Waals surface area (Å²) < 4.78 is 4.87. The molecular weight excluding hydrogens is 216 g/mol. The lowest BCUT2D eigenvalue weighted by molar-refractivity contribution is -0.152. The normalized spacial score (nSPS) is 26.9. The van der Waals surface area contributed by atoms with Crippen LogP contribution in [0.3, 0.4) is 0 Å². The van der Waals surface area contributed by atoms with Crippen LogP contribution in [0.4, 0.5) is 0 Å². The lowest BCUT2D eigenvalue weighted by atomic mass is 9.92. The minimum atomic E-state index is -0.393. The molecule has 2 rings (SSSR count). The molecule has 0 aromatic carbocycles. The molecule has 0 amide bonds. The van der Waals surface area contributed by atoms with E-state index in [1.165, 1.54) is 26.5 Å². The van der Waals surface area contributed by atoms with E-state index in [-0.39, 0.29) is 5.97 Å². The number of fused-ring (bicyclic) bond motifs is 1. The van der Waals surface area contributed by atoms with Crippen molar-refractivity contribution < 1.29 is 9.53 Å². The van der Waals surface area contributed by atoms with Crippen LogP contribution in [0.1, 0.15) is 26.7 Å². The van der Waals surface area contributed by atoms with Crippen molar-refractivity contribution in [3.63, 3.8) is 0 Å². The fraction of sp³-hybridized carbons (Fsp3) is 0.923. The van der Waals surface area contributed by atoms with Gasteiger partial charge in [-0.2, -0.15) is 0 Å². The van der Waals surface area contributed by atoms with E-state index in [4.69, 9.17) is 4.74 Å². The van der Waals surface area contributed by atoms with Crippen molar-refractivity contribution in [1.29, 1.82) is 0 Å². The highest BCUT2D eigenvalue weighted by Gasteiger charge is 2.36. The zero-order chi connectivity index (χ0) is 12.5. The van der Waals surface area contributed by atoms with Crippen LogP contribution >= 0.6 is 0 Å². The van der Waals surface area contributed by atoms with Gasteiger partial charge in [-0.25, -0.2) is 0 Å². The third kappa shape index (κ3) is 2.80. The third-order valence-electron chi connectivity index (χ3n) is 4.03. The first-order valence-electron chi connectivity index (χ1n) is 6.58. The van der Waals surface area contributed by atoms with Crippen molar-refractivity contribution in [2.45, 2.75) is 32.7 Å². The molecule has 0 aliphatic carbocycles. The average Bonchev–Trinajstić information content (AvgIpc) is 2.74. The lowest BCUT2D eigenvalue weighted by Crippen LogP contribution is -2.53. The number of ether oxygens (including phenoxy) is 1. The van der Waals surface area contributed by atoms with E-state index in [0.29, 0.717) is 0 Å². The molecule has 17 heavy (non-hydrogen) atoms. The molecule has 0 N–H and O–H groups in total. The van der Waals surface area contributed by atoms with Gasteiger partial charge in [-0.3, -0.25) is 14.6 Å². The van der Waals surface area contributed by atoms with Gasteiger partial charge in [0.2, 0.25) is 0 Å². The molecule has 4 heteroatoms. The quantitative estimate of drug-likeness (QED) is 0.688. The summed E-state index contributed by atoms with van der Waals surface area (Å²) in [5.41, 5.74) is -0.393. The molecule has 0 radical (unpaired) electrons. The van der Waals surface area contributed by atoms with Crippen LogP contribution in [0.25, 0.3) is 0 Å². The Morgan fingerprint density at radius 2 is 2.12 bits per heavy atom.